The molecule has 2 heterocycles. The number of nitrogens with one attached hydrogen (secondary N) is 2. The highest BCUT2D eigenvalue weighted by molar-refractivity contribution is 5.87. The number of piperidine rings is 1. The second kappa shape index (κ2) is 16.8. The number of carbonyl (C=O) groups is 2. The lowest BCUT2D eigenvalue weighted by Crippen LogP contribution is -2.55. The molecule has 41 heavy (non-hydrogen) atoms. The number of nitrogens with zero attached hydrogens (tertiary/aromatic N) is 3. The summed E-state index contributed by atoms with van der Waals surface area (Å²) < 4.78 is 0. The number of hydrogen-bond acceptors (Lipinski definition) is 5. The molecule has 1 aromatic carbocycles. The Morgan fingerprint density at radius 2 is 1.51 bits per heavy atom. The van der Waals surface area contributed by atoms with Crippen molar-refractivity contribution in [1.82, 2.24) is 15.1 Å². The van der Waals surface area contributed by atoms with E-state index in [4.69, 9.17) is 0 Å². The molecule has 0 spiro atoms. The number of benzene rings is 1. The van der Waals surface area contributed by atoms with Crippen LogP contribution in [-0.4, -0.2) is 84.3 Å². The number of aliphatic hydroxyl groups excluding tert-OH is 1. The molecule has 3 amide bonds. The Balaban J connectivity index is 1.62. The third-order valence-electron chi connectivity index (χ3n) is 8.45. The number of hydrogen-bond donors (Lipinski definition) is 3. The number of urea groups is 1. The first-order valence-corrected chi connectivity index (χ1v) is 16.3. The Hall–Kier alpha value is -2.48. The van der Waals surface area contributed by atoms with Crippen molar-refractivity contribution in [1.29, 1.82) is 0 Å². The maximum absolute atomic E-state index is 13.7. The first kappa shape index (κ1) is 33.0. The highest BCUT2D eigenvalue weighted by Gasteiger charge is 2.32. The summed E-state index contributed by atoms with van der Waals surface area (Å²) >= 11 is 0. The summed E-state index contributed by atoms with van der Waals surface area (Å²) in [6.07, 6.45) is 8.47. The Kier molecular flexibility index (Phi) is 13.6. The zero-order chi connectivity index (χ0) is 29.8. The average Bonchev–Trinajstić information content (AvgIpc) is 3.23. The van der Waals surface area contributed by atoms with Crippen LogP contribution in [0.1, 0.15) is 92.4 Å². The van der Waals surface area contributed by atoms with E-state index >= 15 is 0 Å². The topological polar surface area (TPSA) is 88.1 Å². The fourth-order valence-corrected chi connectivity index (χ4v) is 5.94. The van der Waals surface area contributed by atoms with Gasteiger partial charge in [0.15, 0.2) is 0 Å². The standard InChI is InChI=1S/C33H57N5O3/c1-25(2)15-23-38(29-12-10-28(11-13-29)34-18-14-27(5)39)30-16-21-36(22-17-30)32(40)31(24-26(3)4)35-33(41)37-19-8-6-7-9-20-37/h10-13,25-27,30-31,34,39H,6-9,14-24H2,1-5H3,(H,35,41)/t27-,31?/m0/s1. The third-order valence-corrected chi connectivity index (χ3v) is 8.45. The Morgan fingerprint density at radius 3 is 2.07 bits per heavy atom. The molecule has 8 heteroatoms. The summed E-state index contributed by atoms with van der Waals surface area (Å²) in [6, 6.07) is 8.47. The normalized spacial score (nSPS) is 18.2. The van der Waals surface area contributed by atoms with E-state index in [1.54, 1.807) is 0 Å². The highest BCUT2D eigenvalue weighted by Crippen LogP contribution is 2.27. The lowest BCUT2D eigenvalue weighted by Gasteiger charge is -2.41. The molecule has 2 fully saturated rings. The third kappa shape index (κ3) is 11.0. The fraction of sp³-hybridized carbons (Fsp3) is 0.758. The molecule has 2 aliphatic rings. The Bertz CT molecular complexity index is 904. The summed E-state index contributed by atoms with van der Waals surface area (Å²) in [4.78, 5) is 33.2. The molecule has 0 aromatic heterocycles. The molecular formula is C33H57N5O3. The summed E-state index contributed by atoms with van der Waals surface area (Å²) in [7, 11) is 0. The maximum atomic E-state index is 13.7. The molecule has 2 aliphatic heterocycles. The van der Waals surface area contributed by atoms with Crippen LogP contribution in [-0.2, 0) is 4.79 Å². The number of carbonyl (C=O) groups excluding carboxylic acids is 2. The van der Waals surface area contributed by atoms with Crippen molar-refractivity contribution in [2.75, 3.05) is 49.5 Å². The van der Waals surface area contributed by atoms with Gasteiger partial charge in [-0.1, -0.05) is 40.5 Å². The van der Waals surface area contributed by atoms with Gasteiger partial charge in [-0.15, -0.1) is 0 Å². The van der Waals surface area contributed by atoms with Crippen molar-refractivity contribution < 1.29 is 14.7 Å². The van der Waals surface area contributed by atoms with Gasteiger partial charge < -0.3 is 30.4 Å². The van der Waals surface area contributed by atoms with Crippen LogP contribution in [0.4, 0.5) is 16.2 Å². The molecule has 232 valence electrons. The smallest absolute Gasteiger partial charge is 0.318 e. The molecule has 3 rings (SSSR count). The second-order valence-corrected chi connectivity index (χ2v) is 13.1. The summed E-state index contributed by atoms with van der Waals surface area (Å²) in [5.74, 6) is 1.01. The van der Waals surface area contributed by atoms with Crippen LogP contribution >= 0.6 is 0 Å². The monoisotopic (exact) mass is 571 g/mol. The Morgan fingerprint density at radius 1 is 0.878 bits per heavy atom. The molecule has 2 saturated heterocycles. The minimum Gasteiger partial charge on any atom is -0.393 e. The molecular weight excluding hydrogens is 514 g/mol. The van der Waals surface area contributed by atoms with Gasteiger partial charge in [0.25, 0.3) is 0 Å². The molecule has 3 N–H and O–H groups in total. The van der Waals surface area contributed by atoms with E-state index in [0.717, 1.165) is 83.5 Å². The van der Waals surface area contributed by atoms with E-state index in [0.29, 0.717) is 24.3 Å². The molecule has 1 unspecified atom stereocenters. The van der Waals surface area contributed by atoms with Gasteiger partial charge in [0.05, 0.1) is 6.10 Å². The van der Waals surface area contributed by atoms with Crippen LogP contribution in [0, 0.1) is 11.8 Å². The Labute approximate surface area is 249 Å². The van der Waals surface area contributed by atoms with Crippen molar-refractivity contribution >= 4 is 23.3 Å². The van der Waals surface area contributed by atoms with E-state index in [1.807, 2.05) is 16.7 Å². The van der Waals surface area contributed by atoms with Crippen molar-refractivity contribution in [2.45, 2.75) is 111 Å². The van der Waals surface area contributed by atoms with Gasteiger partial charge in [-0.3, -0.25) is 4.79 Å². The molecule has 8 nitrogen and oxygen atoms in total. The van der Waals surface area contributed by atoms with E-state index < -0.39 is 6.04 Å². The molecule has 2 atom stereocenters. The number of anilines is 2. The van der Waals surface area contributed by atoms with Crippen molar-refractivity contribution in [2.24, 2.45) is 11.8 Å². The van der Waals surface area contributed by atoms with Crippen molar-refractivity contribution in [3.8, 4) is 0 Å². The zero-order valence-electron chi connectivity index (χ0n) is 26.4. The maximum Gasteiger partial charge on any atom is 0.318 e. The van der Waals surface area contributed by atoms with E-state index in [9.17, 15) is 14.7 Å². The average molecular weight is 572 g/mol. The summed E-state index contributed by atoms with van der Waals surface area (Å²) in [5.41, 5.74) is 2.29. The lowest BCUT2D eigenvalue weighted by atomic mass is 9.98. The summed E-state index contributed by atoms with van der Waals surface area (Å²) in [6.45, 7) is 15.3. The SMILES string of the molecule is CC(C)CCN(c1ccc(NCC[C@H](C)O)cc1)C1CCN(C(=O)C(CC(C)C)NC(=O)N2CCCCCC2)CC1. The molecule has 0 radical (unpaired) electrons. The quantitative estimate of drug-likeness (QED) is 0.282. The van der Waals surface area contributed by atoms with Crippen LogP contribution in [0.5, 0.6) is 0 Å². The first-order chi connectivity index (χ1) is 19.6. The van der Waals surface area contributed by atoms with E-state index in [1.165, 1.54) is 18.5 Å². The van der Waals surface area contributed by atoms with Crippen molar-refractivity contribution in [3.05, 3.63) is 24.3 Å². The van der Waals surface area contributed by atoms with Gasteiger partial charge in [0, 0.05) is 56.7 Å². The number of amides is 3. The van der Waals surface area contributed by atoms with Gasteiger partial charge in [-0.25, -0.2) is 4.79 Å². The molecule has 0 aliphatic carbocycles. The predicted molar refractivity (Wildman–Crippen MR) is 169 cm³/mol. The molecule has 0 saturated carbocycles. The van der Waals surface area contributed by atoms with Crippen LogP contribution in [0.15, 0.2) is 24.3 Å². The van der Waals surface area contributed by atoms with Gasteiger partial charge in [-0.2, -0.15) is 0 Å². The second-order valence-electron chi connectivity index (χ2n) is 13.1. The minimum absolute atomic E-state index is 0.0710. The number of aliphatic hydroxyl groups is 1. The van der Waals surface area contributed by atoms with E-state index in [2.05, 4.69) is 67.5 Å². The molecule has 1 aromatic rings. The first-order valence-electron chi connectivity index (χ1n) is 16.3. The predicted octanol–water partition coefficient (Wildman–Crippen LogP) is 5.71. The van der Waals surface area contributed by atoms with E-state index in [-0.39, 0.29) is 18.0 Å². The van der Waals surface area contributed by atoms with Crippen LogP contribution in [0.25, 0.3) is 0 Å². The lowest BCUT2D eigenvalue weighted by molar-refractivity contribution is -0.134. The van der Waals surface area contributed by atoms with Gasteiger partial charge >= 0.3 is 6.03 Å². The van der Waals surface area contributed by atoms with Gasteiger partial charge in [-0.05, 0) is 88.0 Å². The number of likely N-dealkylation sites (tertiary alicyclic amines) is 2. The highest BCUT2D eigenvalue weighted by atomic mass is 16.3. The van der Waals surface area contributed by atoms with Crippen LogP contribution in [0.2, 0.25) is 0 Å². The van der Waals surface area contributed by atoms with Gasteiger partial charge in [0.2, 0.25) is 5.91 Å². The zero-order valence-corrected chi connectivity index (χ0v) is 26.4. The molecule has 0 bridgehead atoms. The minimum atomic E-state index is -0.465. The van der Waals surface area contributed by atoms with Crippen molar-refractivity contribution in [3.63, 3.8) is 0 Å². The summed E-state index contributed by atoms with van der Waals surface area (Å²) in [5, 5.41) is 16.0. The number of rotatable bonds is 13. The van der Waals surface area contributed by atoms with Crippen LogP contribution in [0.3, 0.4) is 0 Å². The largest absolute Gasteiger partial charge is 0.393 e. The van der Waals surface area contributed by atoms with Crippen LogP contribution < -0.4 is 15.5 Å². The van der Waals surface area contributed by atoms with Gasteiger partial charge in [0.1, 0.15) is 6.04 Å². The fourth-order valence-electron chi connectivity index (χ4n) is 5.94.